The van der Waals surface area contributed by atoms with Crippen molar-refractivity contribution in [2.24, 2.45) is 0 Å². The number of nitrogens with zero attached hydrogens (tertiary/aromatic N) is 3. The summed E-state index contributed by atoms with van der Waals surface area (Å²) in [4.78, 5) is 25.7. The zero-order valence-electron chi connectivity index (χ0n) is 13.6. The minimum absolute atomic E-state index is 0.0270. The molecule has 0 spiro atoms. The van der Waals surface area contributed by atoms with Gasteiger partial charge in [-0.1, -0.05) is 28.1 Å². The third-order valence-corrected chi connectivity index (χ3v) is 5.01. The van der Waals surface area contributed by atoms with Gasteiger partial charge in [-0.15, -0.1) is 0 Å². The summed E-state index contributed by atoms with van der Waals surface area (Å²) in [6.45, 7) is 1.81. The van der Waals surface area contributed by atoms with E-state index >= 15 is 0 Å². The van der Waals surface area contributed by atoms with E-state index in [0.717, 1.165) is 10.2 Å². The Morgan fingerprint density at radius 3 is 2.58 bits per heavy atom. The van der Waals surface area contributed by atoms with Crippen LogP contribution >= 0.6 is 15.9 Å². The predicted molar refractivity (Wildman–Crippen MR) is 99.2 cm³/mol. The molecule has 0 bridgehead atoms. The highest BCUT2D eigenvalue weighted by Gasteiger charge is 2.44. The lowest BCUT2D eigenvalue weighted by atomic mass is 9.97. The number of aromatic nitrogens is 2. The molecule has 3 aromatic rings. The summed E-state index contributed by atoms with van der Waals surface area (Å²) < 4.78 is 0.879. The molecule has 2 aromatic carbocycles. The van der Waals surface area contributed by atoms with Gasteiger partial charge in [0.25, 0.3) is 11.6 Å². The lowest BCUT2D eigenvalue weighted by molar-refractivity contribution is -0.385. The van der Waals surface area contributed by atoms with E-state index in [1.165, 1.54) is 6.07 Å². The number of H-pyrrole nitrogens is 1. The van der Waals surface area contributed by atoms with E-state index in [2.05, 4.69) is 26.1 Å². The van der Waals surface area contributed by atoms with Crippen molar-refractivity contribution < 1.29 is 9.72 Å². The van der Waals surface area contributed by atoms with Crippen molar-refractivity contribution in [3.63, 3.8) is 0 Å². The number of hydrogen-bond acceptors (Lipinski definition) is 4. The summed E-state index contributed by atoms with van der Waals surface area (Å²) in [5, 5.41) is 18.5. The molecule has 2 heterocycles. The van der Waals surface area contributed by atoms with Gasteiger partial charge in [0, 0.05) is 27.5 Å². The Hall–Kier alpha value is -3.00. The van der Waals surface area contributed by atoms with Crippen molar-refractivity contribution >= 4 is 33.2 Å². The van der Waals surface area contributed by atoms with Crippen molar-refractivity contribution in [1.82, 2.24) is 10.2 Å². The van der Waals surface area contributed by atoms with Gasteiger partial charge in [0.2, 0.25) is 0 Å². The molecule has 0 saturated heterocycles. The smallest absolute Gasteiger partial charge is 0.280 e. The maximum Gasteiger partial charge on any atom is 0.280 e. The first-order valence-corrected chi connectivity index (χ1v) is 8.65. The van der Waals surface area contributed by atoms with Gasteiger partial charge in [0.15, 0.2) is 5.69 Å². The lowest BCUT2D eigenvalue weighted by Gasteiger charge is -2.26. The van der Waals surface area contributed by atoms with Crippen LogP contribution in [0.1, 0.15) is 33.4 Å². The molecule has 7 nitrogen and oxygen atoms in total. The molecule has 1 aliphatic heterocycles. The number of halogens is 1. The zero-order chi connectivity index (χ0) is 18.4. The van der Waals surface area contributed by atoms with Crippen LogP contribution in [0.25, 0.3) is 0 Å². The Kier molecular flexibility index (Phi) is 3.84. The second-order valence-electron chi connectivity index (χ2n) is 5.98. The molecule has 1 atom stereocenters. The number of nitrogens with one attached hydrogen (secondary N) is 1. The predicted octanol–water partition coefficient (Wildman–Crippen LogP) is 4.14. The number of carbonyl (C=O) groups excluding carboxylic acids is 1. The number of nitro benzene ring substituents is 1. The van der Waals surface area contributed by atoms with Gasteiger partial charge in [-0.25, -0.2) is 0 Å². The topological polar surface area (TPSA) is 92.1 Å². The normalized spacial score (nSPS) is 16.0. The highest BCUT2D eigenvalue weighted by molar-refractivity contribution is 9.10. The summed E-state index contributed by atoms with van der Waals surface area (Å²) in [5.41, 5.74) is 2.77. The summed E-state index contributed by atoms with van der Waals surface area (Å²) in [7, 11) is 0. The number of nitro groups is 1. The van der Waals surface area contributed by atoms with E-state index in [9.17, 15) is 14.9 Å². The van der Waals surface area contributed by atoms with Crippen molar-refractivity contribution in [2.45, 2.75) is 13.0 Å². The fourth-order valence-electron chi connectivity index (χ4n) is 3.34. The molecule has 1 N–H and O–H groups in total. The number of para-hydroxylation sites is 1. The maximum absolute atomic E-state index is 13.0. The number of fused-ring (bicyclic) bond motifs is 1. The van der Waals surface area contributed by atoms with Gasteiger partial charge in [-0.2, -0.15) is 5.10 Å². The van der Waals surface area contributed by atoms with E-state index in [1.807, 2.05) is 19.1 Å². The van der Waals surface area contributed by atoms with E-state index in [0.29, 0.717) is 22.5 Å². The van der Waals surface area contributed by atoms with Crippen LogP contribution in [0, 0.1) is 17.0 Å². The Labute approximate surface area is 156 Å². The van der Waals surface area contributed by atoms with E-state index in [-0.39, 0.29) is 11.6 Å². The van der Waals surface area contributed by atoms with E-state index < -0.39 is 11.0 Å². The summed E-state index contributed by atoms with van der Waals surface area (Å²) in [5.74, 6) is -0.283. The summed E-state index contributed by atoms with van der Waals surface area (Å²) in [6.07, 6.45) is 0. The summed E-state index contributed by atoms with van der Waals surface area (Å²) in [6, 6.07) is 13.1. The molecule has 0 radical (unpaired) electrons. The number of carbonyl (C=O) groups is 1. The highest BCUT2D eigenvalue weighted by Crippen LogP contribution is 2.44. The number of rotatable bonds is 3. The van der Waals surface area contributed by atoms with Crippen LogP contribution < -0.4 is 4.90 Å². The average Bonchev–Trinajstić information content (AvgIpc) is 3.14. The Morgan fingerprint density at radius 1 is 1.19 bits per heavy atom. The molecule has 0 aliphatic carbocycles. The molecule has 1 aliphatic rings. The number of amides is 1. The second kappa shape index (κ2) is 6.06. The number of aromatic amines is 1. The van der Waals surface area contributed by atoms with Crippen LogP contribution in [-0.4, -0.2) is 21.0 Å². The van der Waals surface area contributed by atoms with Gasteiger partial charge in [-0.05, 0) is 37.3 Å². The minimum atomic E-state index is -0.612. The van der Waals surface area contributed by atoms with Crippen LogP contribution in [0.3, 0.4) is 0 Å². The Bertz CT molecular complexity index is 1030. The van der Waals surface area contributed by atoms with Crippen LogP contribution in [0.2, 0.25) is 0 Å². The Balaban J connectivity index is 1.96. The highest BCUT2D eigenvalue weighted by atomic mass is 79.9. The minimum Gasteiger partial charge on any atom is -0.295 e. The van der Waals surface area contributed by atoms with Gasteiger partial charge >= 0.3 is 0 Å². The Morgan fingerprint density at radius 2 is 1.88 bits per heavy atom. The fraction of sp³-hybridized carbons (Fsp3) is 0.111. The molecule has 26 heavy (non-hydrogen) atoms. The molecule has 130 valence electrons. The standard InChI is InChI=1S/C18H13BrN4O3/c1-10-15-16(21-20-10)18(24)22(12-8-6-11(19)7-9-12)17(15)13-4-2-3-5-14(13)23(25)26/h2-9,17H,1H3,(H,20,21)/t17-/m0/s1. The van der Waals surface area contributed by atoms with Gasteiger partial charge in [-0.3, -0.25) is 24.9 Å². The molecule has 4 rings (SSSR count). The van der Waals surface area contributed by atoms with Crippen molar-refractivity contribution in [1.29, 1.82) is 0 Å². The van der Waals surface area contributed by atoms with Crippen LogP contribution in [0.5, 0.6) is 0 Å². The van der Waals surface area contributed by atoms with E-state index in [1.54, 1.807) is 35.2 Å². The number of benzene rings is 2. The largest absolute Gasteiger partial charge is 0.295 e. The molecule has 1 amide bonds. The molecule has 0 saturated carbocycles. The maximum atomic E-state index is 13.0. The van der Waals surface area contributed by atoms with Crippen molar-refractivity contribution in [2.75, 3.05) is 4.90 Å². The second-order valence-corrected chi connectivity index (χ2v) is 6.90. The quantitative estimate of drug-likeness (QED) is 0.516. The number of hydrogen-bond donors (Lipinski definition) is 1. The third kappa shape index (κ3) is 2.41. The molecule has 0 unspecified atom stereocenters. The third-order valence-electron chi connectivity index (χ3n) is 4.48. The average molecular weight is 413 g/mol. The van der Waals surface area contributed by atoms with Crippen molar-refractivity contribution in [3.8, 4) is 0 Å². The van der Waals surface area contributed by atoms with Crippen LogP contribution in [-0.2, 0) is 0 Å². The summed E-state index contributed by atoms with van der Waals surface area (Å²) >= 11 is 3.38. The van der Waals surface area contributed by atoms with Crippen LogP contribution in [0.15, 0.2) is 53.0 Å². The zero-order valence-corrected chi connectivity index (χ0v) is 15.2. The first-order valence-electron chi connectivity index (χ1n) is 7.86. The van der Waals surface area contributed by atoms with Gasteiger partial charge in [0.1, 0.15) is 0 Å². The van der Waals surface area contributed by atoms with Crippen molar-refractivity contribution in [3.05, 3.63) is 85.6 Å². The van der Waals surface area contributed by atoms with E-state index in [4.69, 9.17) is 0 Å². The fourth-order valence-corrected chi connectivity index (χ4v) is 3.61. The molecule has 8 heteroatoms. The molecular weight excluding hydrogens is 400 g/mol. The van der Waals surface area contributed by atoms with Gasteiger partial charge < -0.3 is 0 Å². The molecule has 1 aromatic heterocycles. The molecule has 0 fully saturated rings. The first-order chi connectivity index (χ1) is 12.5. The number of anilines is 1. The first kappa shape index (κ1) is 16.5. The molecular formula is C18H13BrN4O3. The monoisotopic (exact) mass is 412 g/mol. The SMILES string of the molecule is Cc1[nH]nc2c1[C@H](c1ccccc1[N+](=O)[O-])N(c1ccc(Br)cc1)C2=O. The lowest BCUT2D eigenvalue weighted by Crippen LogP contribution is -2.29. The van der Waals surface area contributed by atoms with Gasteiger partial charge in [0.05, 0.1) is 16.5 Å². The van der Waals surface area contributed by atoms with Crippen LogP contribution in [0.4, 0.5) is 11.4 Å². The number of aryl methyl sites for hydroxylation is 1.